The predicted octanol–water partition coefficient (Wildman–Crippen LogP) is 2.51. The lowest BCUT2D eigenvalue weighted by atomic mass is 9.46. The van der Waals surface area contributed by atoms with Crippen LogP contribution in [0.2, 0.25) is 0 Å². The third-order valence-electron chi connectivity index (χ3n) is 5.97. The van der Waals surface area contributed by atoms with Crippen LogP contribution in [-0.2, 0) is 16.0 Å². The topological polar surface area (TPSA) is 84.0 Å². The summed E-state index contributed by atoms with van der Waals surface area (Å²) in [7, 11) is 0. The molecule has 0 aliphatic heterocycles. The van der Waals surface area contributed by atoms with Gasteiger partial charge in [0, 0.05) is 12.5 Å². The normalized spacial score (nSPS) is 36.6. The van der Waals surface area contributed by atoms with E-state index in [2.05, 4.69) is 20.8 Å². The third kappa shape index (κ3) is 2.62. The molecule has 0 radical (unpaired) electrons. The molecule has 24 heavy (non-hydrogen) atoms. The summed E-state index contributed by atoms with van der Waals surface area (Å²) in [5.41, 5.74) is -0.534. The average molecular weight is 348 g/mol. The Hall–Kier alpha value is -1.50. The van der Waals surface area contributed by atoms with Crippen molar-refractivity contribution in [3.63, 3.8) is 0 Å². The van der Waals surface area contributed by atoms with Crippen LogP contribution >= 0.6 is 11.3 Å². The van der Waals surface area contributed by atoms with Gasteiger partial charge in [0.15, 0.2) is 0 Å². The minimum absolute atomic E-state index is 0.0178. The number of rotatable bonds is 4. The molecular formula is C17H24N4O2S. The number of aryl methyl sites for hydroxylation is 1. The van der Waals surface area contributed by atoms with Crippen LogP contribution in [0, 0.1) is 17.3 Å². The zero-order valence-electron chi connectivity index (χ0n) is 14.2. The second-order valence-corrected chi connectivity index (χ2v) is 9.07. The lowest BCUT2D eigenvalue weighted by Gasteiger charge is -2.61. The highest BCUT2D eigenvalue weighted by molar-refractivity contribution is 7.15. The number of hydrogen-bond acceptors (Lipinski definition) is 5. The van der Waals surface area contributed by atoms with Crippen molar-refractivity contribution in [2.24, 2.45) is 17.3 Å². The van der Waals surface area contributed by atoms with Gasteiger partial charge in [-0.05, 0) is 56.8 Å². The van der Waals surface area contributed by atoms with Crippen molar-refractivity contribution < 1.29 is 9.59 Å². The van der Waals surface area contributed by atoms with Crippen molar-refractivity contribution in [3.8, 4) is 0 Å². The fourth-order valence-electron chi connectivity index (χ4n) is 5.72. The number of aromatic nitrogens is 2. The molecule has 1 aromatic rings. The van der Waals surface area contributed by atoms with E-state index in [1.807, 2.05) is 6.92 Å². The minimum Gasteiger partial charge on any atom is -0.351 e. The summed E-state index contributed by atoms with van der Waals surface area (Å²) in [6.45, 7) is 3.61. The van der Waals surface area contributed by atoms with Crippen molar-refractivity contribution in [2.75, 3.05) is 5.32 Å². The maximum atomic E-state index is 13.1. The second-order valence-electron chi connectivity index (χ2n) is 8.01. The average Bonchev–Trinajstić information content (AvgIpc) is 2.92. The molecule has 4 saturated carbocycles. The number of carbonyl (C=O) groups excluding carboxylic acids is 2. The van der Waals surface area contributed by atoms with E-state index >= 15 is 0 Å². The first-order chi connectivity index (χ1) is 11.4. The van der Waals surface area contributed by atoms with Gasteiger partial charge in [0.05, 0.1) is 5.41 Å². The molecule has 4 bridgehead atoms. The van der Waals surface area contributed by atoms with E-state index in [1.165, 1.54) is 17.8 Å². The van der Waals surface area contributed by atoms with Gasteiger partial charge in [-0.15, -0.1) is 10.2 Å². The van der Waals surface area contributed by atoms with Gasteiger partial charge in [0.1, 0.15) is 5.01 Å². The molecule has 7 heteroatoms. The number of nitrogens with one attached hydrogen (secondary N) is 2. The Morgan fingerprint density at radius 1 is 1.21 bits per heavy atom. The first-order valence-electron chi connectivity index (χ1n) is 8.85. The van der Waals surface area contributed by atoms with Crippen LogP contribution in [0.3, 0.4) is 0 Å². The van der Waals surface area contributed by atoms with E-state index in [0.717, 1.165) is 43.5 Å². The number of anilines is 1. The van der Waals surface area contributed by atoms with Crippen molar-refractivity contribution in [1.29, 1.82) is 0 Å². The van der Waals surface area contributed by atoms with Crippen molar-refractivity contribution >= 4 is 28.3 Å². The van der Waals surface area contributed by atoms with Crippen LogP contribution in [0.1, 0.15) is 57.4 Å². The van der Waals surface area contributed by atoms with Gasteiger partial charge >= 0.3 is 0 Å². The standard InChI is InChI=1S/C17H24N4O2S/c1-3-13-20-21-15(24-13)18-14(23)16-5-11-4-12(6-16)8-17(7-11,9-16)19-10(2)22/h11-12H,3-9H2,1-2H3,(H,19,22)(H,18,21,23). The highest BCUT2D eigenvalue weighted by Crippen LogP contribution is 2.61. The largest absolute Gasteiger partial charge is 0.351 e. The van der Waals surface area contributed by atoms with Crippen molar-refractivity contribution in [1.82, 2.24) is 15.5 Å². The quantitative estimate of drug-likeness (QED) is 0.876. The molecular weight excluding hydrogens is 324 g/mol. The Morgan fingerprint density at radius 3 is 2.50 bits per heavy atom. The Bertz CT molecular complexity index is 672. The van der Waals surface area contributed by atoms with E-state index in [0.29, 0.717) is 17.0 Å². The number of carbonyl (C=O) groups is 2. The zero-order valence-corrected chi connectivity index (χ0v) is 15.0. The van der Waals surface area contributed by atoms with Gasteiger partial charge in [0.2, 0.25) is 16.9 Å². The summed E-state index contributed by atoms with van der Waals surface area (Å²) < 4.78 is 0. The van der Waals surface area contributed by atoms with Crippen LogP contribution in [-0.4, -0.2) is 27.6 Å². The van der Waals surface area contributed by atoms with E-state index in [-0.39, 0.29) is 22.8 Å². The smallest absolute Gasteiger partial charge is 0.232 e. The van der Waals surface area contributed by atoms with Crippen LogP contribution in [0.5, 0.6) is 0 Å². The monoisotopic (exact) mass is 348 g/mol. The SMILES string of the molecule is CCc1nnc(NC(=O)C23CC4CC(CC(NC(C)=O)(C4)C2)C3)s1. The number of hydrogen-bond donors (Lipinski definition) is 2. The molecule has 2 atom stereocenters. The summed E-state index contributed by atoms with van der Waals surface area (Å²) in [6.07, 6.45) is 6.72. The van der Waals surface area contributed by atoms with Crippen LogP contribution in [0.25, 0.3) is 0 Å². The number of amides is 2. The maximum absolute atomic E-state index is 13.1. The summed E-state index contributed by atoms with van der Waals surface area (Å²) in [6, 6.07) is 0. The lowest BCUT2D eigenvalue weighted by molar-refractivity contribution is -0.148. The van der Waals surface area contributed by atoms with Gasteiger partial charge < -0.3 is 10.6 Å². The Kier molecular flexibility index (Phi) is 3.67. The molecule has 4 aliphatic rings. The molecule has 130 valence electrons. The highest BCUT2D eigenvalue weighted by atomic mass is 32.1. The van der Waals surface area contributed by atoms with Crippen LogP contribution in [0.4, 0.5) is 5.13 Å². The Morgan fingerprint density at radius 2 is 1.92 bits per heavy atom. The zero-order chi connectivity index (χ0) is 16.9. The van der Waals surface area contributed by atoms with Crippen LogP contribution in [0.15, 0.2) is 0 Å². The molecule has 2 unspecified atom stereocenters. The number of nitrogens with zero attached hydrogens (tertiary/aromatic N) is 2. The van der Waals surface area contributed by atoms with E-state index in [1.54, 1.807) is 6.92 Å². The van der Waals surface area contributed by atoms with Gasteiger partial charge in [-0.2, -0.15) is 0 Å². The van der Waals surface area contributed by atoms with Crippen molar-refractivity contribution in [3.05, 3.63) is 5.01 Å². The van der Waals surface area contributed by atoms with Gasteiger partial charge in [0.25, 0.3) is 0 Å². The molecule has 0 saturated heterocycles. The molecule has 0 aromatic carbocycles. The molecule has 6 nitrogen and oxygen atoms in total. The highest BCUT2D eigenvalue weighted by Gasteiger charge is 2.60. The second kappa shape index (κ2) is 5.51. The van der Waals surface area contributed by atoms with Gasteiger partial charge in [-0.25, -0.2) is 0 Å². The molecule has 2 N–H and O–H groups in total. The van der Waals surface area contributed by atoms with E-state index in [9.17, 15) is 9.59 Å². The molecule has 5 rings (SSSR count). The van der Waals surface area contributed by atoms with Gasteiger partial charge in [-0.3, -0.25) is 9.59 Å². The first-order valence-corrected chi connectivity index (χ1v) is 9.66. The fraction of sp³-hybridized carbons (Fsp3) is 0.765. The van der Waals surface area contributed by atoms with Crippen LogP contribution < -0.4 is 10.6 Å². The minimum atomic E-state index is -0.357. The molecule has 0 spiro atoms. The summed E-state index contributed by atoms with van der Waals surface area (Å²) in [4.78, 5) is 24.8. The van der Waals surface area contributed by atoms with Crippen molar-refractivity contribution in [2.45, 2.75) is 64.3 Å². The Labute approximate surface area is 145 Å². The lowest BCUT2D eigenvalue weighted by Crippen LogP contribution is -2.65. The molecule has 1 heterocycles. The van der Waals surface area contributed by atoms with E-state index in [4.69, 9.17) is 0 Å². The summed E-state index contributed by atoms with van der Waals surface area (Å²) >= 11 is 1.45. The van der Waals surface area contributed by atoms with E-state index < -0.39 is 0 Å². The maximum Gasteiger partial charge on any atom is 0.232 e. The molecule has 4 fully saturated rings. The van der Waals surface area contributed by atoms with Gasteiger partial charge in [-0.1, -0.05) is 18.3 Å². The molecule has 4 aliphatic carbocycles. The third-order valence-corrected chi connectivity index (χ3v) is 6.96. The predicted molar refractivity (Wildman–Crippen MR) is 91.6 cm³/mol. The molecule has 2 amide bonds. The first kappa shape index (κ1) is 16.0. The molecule has 1 aromatic heterocycles. The fourth-order valence-corrected chi connectivity index (χ4v) is 6.40. The Balaban J connectivity index is 1.57. The summed E-state index contributed by atoms with van der Waals surface area (Å²) in [5, 5.41) is 15.9. The summed E-state index contributed by atoms with van der Waals surface area (Å²) in [5.74, 6) is 1.18.